The quantitative estimate of drug-likeness (QED) is 0.888. The van der Waals surface area contributed by atoms with E-state index >= 15 is 0 Å². The van der Waals surface area contributed by atoms with Crippen molar-refractivity contribution in [3.63, 3.8) is 0 Å². The van der Waals surface area contributed by atoms with Gasteiger partial charge < -0.3 is 5.32 Å². The van der Waals surface area contributed by atoms with Crippen LogP contribution < -0.4 is 5.32 Å². The highest BCUT2D eigenvalue weighted by atomic mass is 19.1. The van der Waals surface area contributed by atoms with Crippen molar-refractivity contribution >= 4 is 11.9 Å². The Hall–Kier alpha value is -2.75. The van der Waals surface area contributed by atoms with Gasteiger partial charge in [0, 0.05) is 17.5 Å². The lowest BCUT2D eigenvalue weighted by Gasteiger charge is -2.15. The van der Waals surface area contributed by atoms with E-state index in [4.69, 9.17) is 0 Å². The van der Waals surface area contributed by atoms with Crippen molar-refractivity contribution in [3.8, 4) is 0 Å². The van der Waals surface area contributed by atoms with Gasteiger partial charge >= 0.3 is 0 Å². The summed E-state index contributed by atoms with van der Waals surface area (Å²) in [5.74, 6) is -0.591. The number of aliphatic imine (C=N–C) groups is 1. The van der Waals surface area contributed by atoms with Crippen molar-refractivity contribution in [2.45, 2.75) is 0 Å². The third-order valence-corrected chi connectivity index (χ3v) is 3.16. The summed E-state index contributed by atoms with van der Waals surface area (Å²) in [6, 6.07) is 12.4. The lowest BCUT2D eigenvalue weighted by atomic mass is 9.95. The number of hydrogen-bond acceptors (Lipinski definition) is 2. The molecule has 2 nitrogen and oxygen atoms in total. The van der Waals surface area contributed by atoms with Crippen LogP contribution in [-0.4, -0.2) is 6.34 Å². The molecule has 2 aromatic rings. The lowest BCUT2D eigenvalue weighted by molar-refractivity contribution is 0.627. The molecule has 2 aromatic carbocycles. The lowest BCUT2D eigenvalue weighted by Crippen LogP contribution is -2.14. The maximum Gasteiger partial charge on any atom is 0.123 e. The van der Waals surface area contributed by atoms with Crippen LogP contribution in [0.1, 0.15) is 11.1 Å². The highest BCUT2D eigenvalue weighted by Gasteiger charge is 2.11. The van der Waals surface area contributed by atoms with Gasteiger partial charge in [0.15, 0.2) is 0 Å². The van der Waals surface area contributed by atoms with Gasteiger partial charge in [-0.25, -0.2) is 13.8 Å². The van der Waals surface area contributed by atoms with E-state index in [9.17, 15) is 8.78 Å². The maximum atomic E-state index is 13.1. The van der Waals surface area contributed by atoms with E-state index in [1.807, 2.05) is 6.08 Å². The van der Waals surface area contributed by atoms with E-state index < -0.39 is 0 Å². The fourth-order valence-corrected chi connectivity index (χ4v) is 2.18. The molecule has 3 rings (SSSR count). The van der Waals surface area contributed by atoms with Gasteiger partial charge in [0.05, 0.1) is 6.34 Å². The normalized spacial score (nSPS) is 13.1. The van der Waals surface area contributed by atoms with E-state index in [1.54, 1.807) is 36.8 Å². The van der Waals surface area contributed by atoms with Crippen LogP contribution in [0.3, 0.4) is 0 Å². The molecule has 1 aliphatic heterocycles. The summed E-state index contributed by atoms with van der Waals surface area (Å²) in [4.78, 5) is 3.95. The summed E-state index contributed by atoms with van der Waals surface area (Å²) in [6.07, 6.45) is 5.06. The molecule has 0 atom stereocenters. The van der Waals surface area contributed by atoms with Crippen LogP contribution in [0.15, 0.2) is 71.5 Å². The average molecular weight is 282 g/mol. The number of nitrogens with zero attached hydrogens (tertiary/aromatic N) is 1. The smallest absolute Gasteiger partial charge is 0.123 e. The summed E-state index contributed by atoms with van der Waals surface area (Å²) in [7, 11) is 0. The third kappa shape index (κ3) is 2.89. The Balaban J connectivity index is 2.15. The second-order valence-corrected chi connectivity index (χ2v) is 4.54. The van der Waals surface area contributed by atoms with Gasteiger partial charge in [0.2, 0.25) is 0 Å². The van der Waals surface area contributed by atoms with Crippen LogP contribution in [0.5, 0.6) is 0 Å². The van der Waals surface area contributed by atoms with E-state index in [0.717, 1.165) is 22.4 Å². The number of halogens is 2. The van der Waals surface area contributed by atoms with Crippen LogP contribution in [0.25, 0.3) is 5.57 Å². The summed E-state index contributed by atoms with van der Waals surface area (Å²) >= 11 is 0. The number of rotatable bonds is 2. The fraction of sp³-hybridized carbons (Fsp3) is 0. The first kappa shape index (κ1) is 13.2. The Bertz CT molecular complexity index is 679. The molecule has 0 radical (unpaired) electrons. The Morgan fingerprint density at radius 2 is 1.33 bits per heavy atom. The van der Waals surface area contributed by atoms with Gasteiger partial charge in [-0.15, -0.1) is 0 Å². The minimum absolute atomic E-state index is 0.295. The molecule has 0 saturated carbocycles. The molecule has 0 aliphatic carbocycles. The van der Waals surface area contributed by atoms with Gasteiger partial charge in [-0.2, -0.15) is 0 Å². The first-order chi connectivity index (χ1) is 10.2. The minimum Gasteiger partial charge on any atom is -0.346 e. The largest absolute Gasteiger partial charge is 0.346 e. The van der Waals surface area contributed by atoms with Crippen LogP contribution in [0.4, 0.5) is 8.78 Å². The van der Waals surface area contributed by atoms with Crippen molar-refractivity contribution in [1.29, 1.82) is 0 Å². The topological polar surface area (TPSA) is 24.4 Å². The van der Waals surface area contributed by atoms with Crippen molar-refractivity contribution in [2.24, 2.45) is 4.99 Å². The van der Waals surface area contributed by atoms with E-state index in [1.165, 1.54) is 24.3 Å². The summed E-state index contributed by atoms with van der Waals surface area (Å²) in [5, 5.41) is 3.06. The van der Waals surface area contributed by atoms with Crippen LogP contribution in [0.2, 0.25) is 0 Å². The number of hydrogen-bond donors (Lipinski definition) is 1. The third-order valence-electron chi connectivity index (χ3n) is 3.16. The Kier molecular flexibility index (Phi) is 3.60. The zero-order valence-corrected chi connectivity index (χ0v) is 11.1. The first-order valence-electron chi connectivity index (χ1n) is 6.45. The summed E-state index contributed by atoms with van der Waals surface area (Å²) in [6.45, 7) is 0. The highest BCUT2D eigenvalue weighted by molar-refractivity contribution is 5.85. The van der Waals surface area contributed by atoms with Gasteiger partial charge in [-0.05, 0) is 41.5 Å². The molecule has 104 valence electrons. The SMILES string of the molecule is Fc1ccc(C(=C2C=CN=CN2)c2ccc(F)cc2)cc1. The second-order valence-electron chi connectivity index (χ2n) is 4.54. The molecule has 1 aliphatic rings. The maximum absolute atomic E-state index is 13.1. The Morgan fingerprint density at radius 3 is 1.76 bits per heavy atom. The standard InChI is InChI=1S/C17H12F2N2/c18-14-5-1-12(2-6-14)17(16-9-10-20-11-21-16)13-3-7-15(19)8-4-13/h1-11H,(H,20,21). The Labute approximate surface area is 121 Å². The zero-order chi connectivity index (χ0) is 14.7. The van der Waals surface area contributed by atoms with Crippen molar-refractivity contribution in [1.82, 2.24) is 5.32 Å². The molecule has 0 fully saturated rings. The van der Waals surface area contributed by atoms with Crippen LogP contribution in [-0.2, 0) is 0 Å². The first-order valence-corrected chi connectivity index (χ1v) is 6.45. The highest BCUT2D eigenvalue weighted by Crippen LogP contribution is 2.27. The number of nitrogens with one attached hydrogen (secondary N) is 1. The number of benzene rings is 2. The summed E-state index contributed by atoms with van der Waals surface area (Å²) < 4.78 is 26.3. The van der Waals surface area contributed by atoms with E-state index in [0.29, 0.717) is 0 Å². The molecule has 0 spiro atoms. The average Bonchev–Trinajstić information content (AvgIpc) is 2.52. The molecule has 1 heterocycles. The molecule has 0 aromatic heterocycles. The van der Waals surface area contributed by atoms with Gasteiger partial charge in [0.25, 0.3) is 0 Å². The molecule has 0 bridgehead atoms. The molecule has 4 heteroatoms. The molecular weight excluding hydrogens is 270 g/mol. The van der Waals surface area contributed by atoms with Gasteiger partial charge in [-0.1, -0.05) is 24.3 Å². The van der Waals surface area contributed by atoms with Crippen LogP contribution in [0, 0.1) is 11.6 Å². The van der Waals surface area contributed by atoms with Gasteiger partial charge in [0.1, 0.15) is 11.6 Å². The Morgan fingerprint density at radius 1 is 0.810 bits per heavy atom. The molecular formula is C17H12F2N2. The molecule has 1 N–H and O–H groups in total. The zero-order valence-electron chi connectivity index (χ0n) is 11.1. The predicted molar refractivity (Wildman–Crippen MR) is 79.6 cm³/mol. The minimum atomic E-state index is -0.295. The van der Waals surface area contributed by atoms with Gasteiger partial charge in [-0.3, -0.25) is 0 Å². The predicted octanol–water partition coefficient (Wildman–Crippen LogP) is 3.87. The molecule has 0 saturated heterocycles. The van der Waals surface area contributed by atoms with Crippen LogP contribution >= 0.6 is 0 Å². The fourth-order valence-electron chi connectivity index (χ4n) is 2.18. The summed E-state index contributed by atoms with van der Waals surface area (Å²) in [5.41, 5.74) is 3.36. The van der Waals surface area contributed by atoms with Crippen molar-refractivity contribution in [3.05, 3.63) is 89.3 Å². The second kappa shape index (κ2) is 5.71. The van der Waals surface area contributed by atoms with E-state index in [-0.39, 0.29) is 11.6 Å². The molecule has 0 amide bonds. The monoisotopic (exact) mass is 282 g/mol. The van der Waals surface area contributed by atoms with Crippen molar-refractivity contribution in [2.75, 3.05) is 0 Å². The molecule has 21 heavy (non-hydrogen) atoms. The van der Waals surface area contributed by atoms with E-state index in [2.05, 4.69) is 10.3 Å². The number of allylic oxidation sites excluding steroid dienone is 1. The van der Waals surface area contributed by atoms with Crippen molar-refractivity contribution < 1.29 is 8.78 Å². The molecule has 0 unspecified atom stereocenters.